The van der Waals surface area contributed by atoms with Gasteiger partial charge in [-0.15, -0.1) is 0 Å². The lowest BCUT2D eigenvalue weighted by atomic mass is 10.1. The number of rotatable bonds is 3. The fourth-order valence-electron chi connectivity index (χ4n) is 1.44. The van der Waals surface area contributed by atoms with Gasteiger partial charge in [0.05, 0.1) is 6.04 Å². The van der Waals surface area contributed by atoms with Crippen LogP contribution >= 0.6 is 0 Å². The van der Waals surface area contributed by atoms with Crippen molar-refractivity contribution in [2.45, 2.75) is 6.04 Å². The zero-order chi connectivity index (χ0) is 11.5. The lowest BCUT2D eigenvalue weighted by molar-refractivity contribution is 0.407. The number of anilines is 1. The number of hydrogen-bond acceptors (Lipinski definition) is 5. The molecule has 2 rings (SSSR count). The van der Waals surface area contributed by atoms with Gasteiger partial charge >= 0.3 is 0 Å². The lowest BCUT2D eigenvalue weighted by Gasteiger charge is -2.14. The third-order valence-electron chi connectivity index (χ3n) is 2.43. The highest BCUT2D eigenvalue weighted by atomic mass is 16.5. The SMILES string of the molecule is CN(C)c1ccc(C(N)c2ncon2)cc1. The largest absolute Gasteiger partial charge is 0.378 e. The van der Waals surface area contributed by atoms with Crippen LogP contribution < -0.4 is 10.6 Å². The van der Waals surface area contributed by atoms with Crippen molar-refractivity contribution in [3.63, 3.8) is 0 Å². The average molecular weight is 218 g/mol. The smallest absolute Gasteiger partial charge is 0.213 e. The van der Waals surface area contributed by atoms with Crippen molar-refractivity contribution in [2.75, 3.05) is 19.0 Å². The van der Waals surface area contributed by atoms with E-state index in [-0.39, 0.29) is 6.04 Å². The Morgan fingerprint density at radius 3 is 2.44 bits per heavy atom. The second-order valence-corrected chi connectivity index (χ2v) is 3.75. The summed E-state index contributed by atoms with van der Waals surface area (Å²) in [5.74, 6) is 0.498. The summed E-state index contributed by atoms with van der Waals surface area (Å²) in [6.45, 7) is 0. The van der Waals surface area contributed by atoms with Gasteiger partial charge in [0.15, 0.2) is 5.82 Å². The van der Waals surface area contributed by atoms with Crippen LogP contribution in [0.5, 0.6) is 0 Å². The first kappa shape index (κ1) is 10.6. The van der Waals surface area contributed by atoms with Crippen LogP contribution in [0.15, 0.2) is 35.2 Å². The van der Waals surface area contributed by atoms with Gasteiger partial charge in [-0.2, -0.15) is 4.98 Å². The topological polar surface area (TPSA) is 68.2 Å². The Morgan fingerprint density at radius 1 is 1.25 bits per heavy atom. The second-order valence-electron chi connectivity index (χ2n) is 3.75. The predicted molar refractivity (Wildman–Crippen MR) is 61.1 cm³/mol. The van der Waals surface area contributed by atoms with E-state index in [4.69, 9.17) is 5.73 Å². The normalized spacial score (nSPS) is 12.4. The maximum absolute atomic E-state index is 5.99. The van der Waals surface area contributed by atoms with Gasteiger partial charge in [0.1, 0.15) is 0 Å². The molecule has 1 unspecified atom stereocenters. The fourth-order valence-corrected chi connectivity index (χ4v) is 1.44. The molecule has 0 bridgehead atoms. The minimum Gasteiger partial charge on any atom is -0.378 e. The van der Waals surface area contributed by atoms with Gasteiger partial charge < -0.3 is 15.2 Å². The summed E-state index contributed by atoms with van der Waals surface area (Å²) < 4.78 is 4.67. The molecule has 1 aromatic carbocycles. The molecule has 16 heavy (non-hydrogen) atoms. The minimum absolute atomic E-state index is 0.338. The van der Waals surface area contributed by atoms with E-state index in [1.807, 2.05) is 43.3 Å². The highest BCUT2D eigenvalue weighted by molar-refractivity contribution is 5.46. The summed E-state index contributed by atoms with van der Waals surface area (Å²) in [4.78, 5) is 5.97. The number of nitrogens with two attached hydrogens (primary N) is 1. The predicted octanol–water partition coefficient (Wildman–Crippen LogP) is 1.18. The third-order valence-corrected chi connectivity index (χ3v) is 2.43. The molecule has 1 aromatic heterocycles. The molecule has 2 N–H and O–H groups in total. The zero-order valence-electron chi connectivity index (χ0n) is 9.29. The average Bonchev–Trinajstić information content (AvgIpc) is 2.81. The Labute approximate surface area is 93.9 Å². The first-order valence-electron chi connectivity index (χ1n) is 4.97. The van der Waals surface area contributed by atoms with Crippen LogP contribution in [0, 0.1) is 0 Å². The summed E-state index contributed by atoms with van der Waals surface area (Å²) in [7, 11) is 3.99. The minimum atomic E-state index is -0.338. The first-order chi connectivity index (χ1) is 7.68. The van der Waals surface area contributed by atoms with E-state index in [0.717, 1.165) is 11.3 Å². The molecule has 0 saturated carbocycles. The van der Waals surface area contributed by atoms with Crippen molar-refractivity contribution in [1.82, 2.24) is 10.1 Å². The van der Waals surface area contributed by atoms with Crippen molar-refractivity contribution in [1.29, 1.82) is 0 Å². The molecule has 0 fully saturated rings. The van der Waals surface area contributed by atoms with Gasteiger partial charge in [-0.25, -0.2) is 0 Å². The fraction of sp³-hybridized carbons (Fsp3) is 0.273. The van der Waals surface area contributed by atoms with Gasteiger partial charge in [-0.1, -0.05) is 17.3 Å². The molecule has 5 heteroatoms. The van der Waals surface area contributed by atoms with E-state index >= 15 is 0 Å². The van der Waals surface area contributed by atoms with Gasteiger partial charge in [-0.05, 0) is 17.7 Å². The van der Waals surface area contributed by atoms with Crippen LogP contribution in [-0.4, -0.2) is 24.2 Å². The highest BCUT2D eigenvalue weighted by Crippen LogP contribution is 2.19. The zero-order valence-corrected chi connectivity index (χ0v) is 9.29. The quantitative estimate of drug-likeness (QED) is 0.837. The van der Waals surface area contributed by atoms with Gasteiger partial charge in [0.25, 0.3) is 0 Å². The Kier molecular flexibility index (Phi) is 2.87. The van der Waals surface area contributed by atoms with Crippen LogP contribution in [0.1, 0.15) is 17.4 Å². The molecule has 1 atom stereocenters. The molecule has 0 saturated heterocycles. The molecule has 0 aliphatic rings. The molecule has 0 aliphatic heterocycles. The van der Waals surface area contributed by atoms with Crippen LogP contribution in [0.3, 0.4) is 0 Å². The van der Waals surface area contributed by atoms with E-state index in [9.17, 15) is 0 Å². The molecular weight excluding hydrogens is 204 g/mol. The summed E-state index contributed by atoms with van der Waals surface area (Å²) in [6, 6.07) is 7.62. The number of hydrogen-bond donors (Lipinski definition) is 1. The Balaban J connectivity index is 2.22. The molecule has 0 spiro atoms. The molecule has 0 aliphatic carbocycles. The van der Waals surface area contributed by atoms with Crippen LogP contribution in [0.25, 0.3) is 0 Å². The highest BCUT2D eigenvalue weighted by Gasteiger charge is 2.13. The van der Waals surface area contributed by atoms with E-state index in [2.05, 4.69) is 14.7 Å². The Bertz CT molecular complexity index is 436. The summed E-state index contributed by atoms with van der Waals surface area (Å²) in [6.07, 6.45) is 1.28. The maximum atomic E-state index is 5.99. The molecule has 1 heterocycles. The number of benzene rings is 1. The third kappa shape index (κ3) is 2.04. The van der Waals surface area contributed by atoms with Gasteiger partial charge in [0.2, 0.25) is 6.39 Å². The van der Waals surface area contributed by atoms with E-state index in [1.165, 1.54) is 6.39 Å². The molecule has 2 aromatic rings. The lowest BCUT2D eigenvalue weighted by Crippen LogP contribution is -2.14. The summed E-state index contributed by atoms with van der Waals surface area (Å²) in [5, 5.41) is 3.73. The first-order valence-corrected chi connectivity index (χ1v) is 4.97. The van der Waals surface area contributed by atoms with Crippen LogP contribution in [-0.2, 0) is 0 Å². The van der Waals surface area contributed by atoms with Gasteiger partial charge in [-0.3, -0.25) is 0 Å². The summed E-state index contributed by atoms with van der Waals surface area (Å²) >= 11 is 0. The standard InChI is InChI=1S/C11H14N4O/c1-15(2)9-5-3-8(4-6-9)10(12)11-13-7-16-14-11/h3-7,10H,12H2,1-2H3. The van der Waals surface area contributed by atoms with E-state index in [0.29, 0.717) is 5.82 Å². The molecule has 0 radical (unpaired) electrons. The maximum Gasteiger partial charge on any atom is 0.213 e. The van der Waals surface area contributed by atoms with Crippen LogP contribution in [0.2, 0.25) is 0 Å². The van der Waals surface area contributed by atoms with Crippen molar-refractivity contribution >= 4 is 5.69 Å². The molecule has 5 nitrogen and oxygen atoms in total. The molecule has 84 valence electrons. The van der Waals surface area contributed by atoms with Gasteiger partial charge in [0, 0.05) is 19.8 Å². The van der Waals surface area contributed by atoms with Crippen molar-refractivity contribution in [2.24, 2.45) is 5.73 Å². The second kappa shape index (κ2) is 4.32. The number of aromatic nitrogens is 2. The van der Waals surface area contributed by atoms with Crippen LogP contribution in [0.4, 0.5) is 5.69 Å². The van der Waals surface area contributed by atoms with E-state index < -0.39 is 0 Å². The van der Waals surface area contributed by atoms with E-state index in [1.54, 1.807) is 0 Å². The molecule has 0 amide bonds. The van der Waals surface area contributed by atoms with Crippen molar-refractivity contribution < 1.29 is 4.52 Å². The summed E-state index contributed by atoms with van der Waals surface area (Å²) in [5.41, 5.74) is 8.08. The van der Waals surface area contributed by atoms with Crippen molar-refractivity contribution in [3.05, 3.63) is 42.0 Å². The Hall–Kier alpha value is -1.88. The monoisotopic (exact) mass is 218 g/mol. The Morgan fingerprint density at radius 2 is 1.94 bits per heavy atom. The van der Waals surface area contributed by atoms with Crippen molar-refractivity contribution in [3.8, 4) is 0 Å². The number of nitrogens with zero attached hydrogens (tertiary/aromatic N) is 3. The molecular formula is C11H14N4O.